The molecule has 6 nitrogen and oxygen atoms in total. The van der Waals surface area contributed by atoms with Crippen LogP contribution in [0.3, 0.4) is 0 Å². The van der Waals surface area contributed by atoms with Crippen molar-refractivity contribution in [3.8, 4) is 0 Å². The third-order valence-corrected chi connectivity index (χ3v) is 6.09. The van der Waals surface area contributed by atoms with Crippen molar-refractivity contribution in [2.24, 2.45) is 0 Å². The smallest absolute Gasteiger partial charge is 0.251 e. The normalized spacial score (nSPS) is 14.4. The number of allylic oxidation sites excluding steroid dienone is 1. The molecule has 1 aromatic carbocycles. The van der Waals surface area contributed by atoms with Crippen molar-refractivity contribution >= 4 is 15.9 Å². The fourth-order valence-corrected chi connectivity index (χ4v) is 4.17. The Labute approximate surface area is 166 Å². The van der Waals surface area contributed by atoms with Crippen LogP contribution in [0.5, 0.6) is 0 Å². The molecule has 3 rings (SSSR count). The summed E-state index contributed by atoms with van der Waals surface area (Å²) in [7, 11) is -3.73. The summed E-state index contributed by atoms with van der Waals surface area (Å²) in [4.78, 5) is 16.5. The highest BCUT2D eigenvalue weighted by Crippen LogP contribution is 2.19. The highest BCUT2D eigenvalue weighted by atomic mass is 32.2. The molecule has 0 fully saturated rings. The first-order chi connectivity index (χ1) is 13.5. The van der Waals surface area contributed by atoms with Crippen LogP contribution in [0.4, 0.5) is 0 Å². The first-order valence-corrected chi connectivity index (χ1v) is 11.0. The minimum atomic E-state index is -3.73. The second kappa shape index (κ2) is 9.61. The molecular weight excluding hydrogens is 374 g/mol. The van der Waals surface area contributed by atoms with Gasteiger partial charge in [-0.05, 0) is 62.4 Å². The average Bonchev–Trinajstić information content (AvgIpc) is 2.74. The Morgan fingerprint density at radius 2 is 2.00 bits per heavy atom. The predicted molar refractivity (Wildman–Crippen MR) is 108 cm³/mol. The van der Waals surface area contributed by atoms with Gasteiger partial charge in [-0.25, -0.2) is 13.1 Å². The van der Waals surface area contributed by atoms with Gasteiger partial charge in [0.1, 0.15) is 0 Å². The third kappa shape index (κ3) is 5.74. The van der Waals surface area contributed by atoms with Gasteiger partial charge in [0.15, 0.2) is 0 Å². The summed E-state index contributed by atoms with van der Waals surface area (Å²) in [5, 5.41) is 2.88. The zero-order valence-electron chi connectivity index (χ0n) is 15.7. The molecule has 2 aromatic rings. The number of hydrogen-bond acceptors (Lipinski definition) is 4. The minimum absolute atomic E-state index is 0.0612. The van der Waals surface area contributed by atoms with Gasteiger partial charge in [0.25, 0.3) is 5.91 Å². The van der Waals surface area contributed by atoms with Gasteiger partial charge in [0.2, 0.25) is 10.0 Å². The largest absolute Gasteiger partial charge is 0.352 e. The van der Waals surface area contributed by atoms with E-state index in [0.717, 1.165) is 19.3 Å². The molecule has 0 radical (unpaired) electrons. The van der Waals surface area contributed by atoms with Crippen molar-refractivity contribution in [2.75, 3.05) is 6.54 Å². The molecule has 1 amide bonds. The number of nitrogens with zero attached hydrogens (tertiary/aromatic N) is 1. The van der Waals surface area contributed by atoms with Crippen LogP contribution in [0.15, 0.2) is 65.2 Å². The first-order valence-electron chi connectivity index (χ1n) is 9.50. The van der Waals surface area contributed by atoms with Crippen LogP contribution in [0, 0.1) is 0 Å². The molecule has 1 aliphatic rings. The molecule has 0 atom stereocenters. The SMILES string of the molecule is O=C(NCCC1=CCCCC1)c1cccc(S(=O)(=O)NCc2ccccn2)c1. The summed E-state index contributed by atoms with van der Waals surface area (Å²) >= 11 is 0. The lowest BCUT2D eigenvalue weighted by Crippen LogP contribution is -2.26. The van der Waals surface area contributed by atoms with Crippen LogP contribution in [0.2, 0.25) is 0 Å². The molecule has 7 heteroatoms. The quantitative estimate of drug-likeness (QED) is 0.668. The van der Waals surface area contributed by atoms with Crippen LogP contribution in [0.25, 0.3) is 0 Å². The van der Waals surface area contributed by atoms with Crippen LogP contribution >= 0.6 is 0 Å². The van der Waals surface area contributed by atoms with Crippen molar-refractivity contribution in [3.05, 3.63) is 71.6 Å². The third-order valence-electron chi connectivity index (χ3n) is 4.69. The summed E-state index contributed by atoms with van der Waals surface area (Å²) in [5.74, 6) is -0.266. The van der Waals surface area contributed by atoms with Gasteiger partial charge < -0.3 is 5.32 Å². The monoisotopic (exact) mass is 399 g/mol. The second-order valence-electron chi connectivity index (χ2n) is 6.79. The van der Waals surface area contributed by atoms with Crippen molar-refractivity contribution in [2.45, 2.75) is 43.5 Å². The molecule has 0 saturated carbocycles. The topological polar surface area (TPSA) is 88.2 Å². The number of sulfonamides is 1. The van der Waals surface area contributed by atoms with E-state index in [9.17, 15) is 13.2 Å². The van der Waals surface area contributed by atoms with Crippen LogP contribution in [-0.4, -0.2) is 25.9 Å². The van der Waals surface area contributed by atoms with Crippen LogP contribution in [-0.2, 0) is 16.6 Å². The maximum atomic E-state index is 12.5. The molecular formula is C21H25N3O3S. The van der Waals surface area contributed by atoms with E-state index in [4.69, 9.17) is 0 Å². The molecule has 28 heavy (non-hydrogen) atoms. The lowest BCUT2D eigenvalue weighted by atomic mass is 9.97. The summed E-state index contributed by atoms with van der Waals surface area (Å²) in [6.07, 6.45) is 9.39. The number of nitrogens with one attached hydrogen (secondary N) is 2. The van der Waals surface area contributed by atoms with Gasteiger partial charge in [-0.2, -0.15) is 0 Å². The van der Waals surface area contributed by atoms with E-state index >= 15 is 0 Å². The van der Waals surface area contributed by atoms with E-state index in [-0.39, 0.29) is 17.3 Å². The molecule has 1 heterocycles. The molecule has 2 N–H and O–H groups in total. The zero-order valence-corrected chi connectivity index (χ0v) is 16.5. The standard InChI is InChI=1S/C21H25N3O3S/c25-21(23-14-12-17-7-2-1-3-8-17)18-9-6-11-20(15-18)28(26,27)24-16-19-10-4-5-13-22-19/h4-7,9-11,13,15,24H,1-3,8,12,14,16H2,(H,23,25). The lowest BCUT2D eigenvalue weighted by Gasteiger charge is -2.13. The number of amides is 1. The van der Waals surface area contributed by atoms with Gasteiger partial charge in [-0.1, -0.05) is 23.8 Å². The maximum Gasteiger partial charge on any atom is 0.251 e. The summed E-state index contributed by atoms with van der Waals surface area (Å²) in [6, 6.07) is 11.4. The zero-order chi connectivity index (χ0) is 19.8. The Kier molecular flexibility index (Phi) is 6.95. The number of aromatic nitrogens is 1. The lowest BCUT2D eigenvalue weighted by molar-refractivity contribution is 0.0954. The first kappa shape index (κ1) is 20.2. The van der Waals surface area contributed by atoms with E-state index in [1.807, 2.05) is 0 Å². The van der Waals surface area contributed by atoms with Crippen molar-refractivity contribution in [1.29, 1.82) is 0 Å². The molecule has 148 valence electrons. The van der Waals surface area contributed by atoms with Crippen molar-refractivity contribution in [3.63, 3.8) is 0 Å². The summed E-state index contributed by atoms with van der Waals surface area (Å²) in [6.45, 7) is 0.647. The Balaban J connectivity index is 1.58. The van der Waals surface area contributed by atoms with Gasteiger partial charge in [-0.3, -0.25) is 9.78 Å². The molecule has 0 unspecified atom stereocenters. The number of carbonyl (C=O) groups excluding carboxylic acids is 1. The number of pyridine rings is 1. The number of hydrogen-bond donors (Lipinski definition) is 2. The van der Waals surface area contributed by atoms with Crippen LogP contribution < -0.4 is 10.0 Å². The van der Waals surface area contributed by atoms with Crippen molar-refractivity contribution < 1.29 is 13.2 Å². The molecule has 0 saturated heterocycles. The Bertz CT molecular complexity index is 940. The fourth-order valence-electron chi connectivity index (χ4n) is 3.13. The highest BCUT2D eigenvalue weighted by Gasteiger charge is 2.16. The van der Waals surface area contributed by atoms with Gasteiger partial charge in [0, 0.05) is 18.3 Å². The summed E-state index contributed by atoms with van der Waals surface area (Å²) < 4.78 is 27.6. The maximum absolute atomic E-state index is 12.5. The highest BCUT2D eigenvalue weighted by molar-refractivity contribution is 7.89. The van der Waals surface area contributed by atoms with Crippen molar-refractivity contribution in [1.82, 2.24) is 15.0 Å². The summed E-state index contributed by atoms with van der Waals surface area (Å²) in [5.41, 5.74) is 2.34. The van der Waals surface area contributed by atoms with Gasteiger partial charge in [-0.15, -0.1) is 0 Å². The van der Waals surface area contributed by atoms with Gasteiger partial charge in [0.05, 0.1) is 17.1 Å². The Morgan fingerprint density at radius 1 is 1.11 bits per heavy atom. The molecule has 1 aromatic heterocycles. The number of benzene rings is 1. The average molecular weight is 400 g/mol. The van der Waals surface area contributed by atoms with E-state index < -0.39 is 10.0 Å². The van der Waals surface area contributed by atoms with E-state index in [2.05, 4.69) is 21.1 Å². The molecule has 0 aliphatic heterocycles. The predicted octanol–water partition coefficient (Wildman–Crippen LogP) is 3.18. The van der Waals surface area contributed by atoms with Crippen LogP contribution in [0.1, 0.15) is 48.2 Å². The molecule has 0 bridgehead atoms. The van der Waals surface area contributed by atoms with E-state index in [1.165, 1.54) is 30.5 Å². The van der Waals surface area contributed by atoms with E-state index in [1.54, 1.807) is 36.5 Å². The fraction of sp³-hybridized carbons (Fsp3) is 0.333. The molecule has 0 spiro atoms. The Morgan fingerprint density at radius 3 is 2.75 bits per heavy atom. The Hall–Kier alpha value is -2.51. The van der Waals surface area contributed by atoms with Gasteiger partial charge >= 0.3 is 0 Å². The number of carbonyl (C=O) groups is 1. The number of rotatable bonds is 8. The second-order valence-corrected chi connectivity index (χ2v) is 8.55. The minimum Gasteiger partial charge on any atom is -0.352 e. The molecule has 1 aliphatic carbocycles. The van der Waals surface area contributed by atoms with E-state index in [0.29, 0.717) is 17.8 Å².